The van der Waals surface area contributed by atoms with Gasteiger partial charge >= 0.3 is 0 Å². The van der Waals surface area contributed by atoms with E-state index >= 15 is 0 Å². The zero-order valence-electron chi connectivity index (χ0n) is 17.8. The fraction of sp³-hybridized carbons (Fsp3) is 0.417. The van der Waals surface area contributed by atoms with Gasteiger partial charge in [0.15, 0.2) is 5.58 Å². The number of fused-ring (bicyclic) bond motifs is 1. The number of carbonyl (C=O) groups is 1. The van der Waals surface area contributed by atoms with Gasteiger partial charge in [0, 0.05) is 36.8 Å². The summed E-state index contributed by atoms with van der Waals surface area (Å²) in [5.74, 6) is 0.00867. The number of rotatable bonds is 8. The first kappa shape index (κ1) is 21.7. The van der Waals surface area contributed by atoms with Crippen LogP contribution in [0.1, 0.15) is 48.5 Å². The first-order valence-corrected chi connectivity index (χ1v) is 11.3. The number of aromatic nitrogens is 1. The molecular weight excluding hydrogens is 414 g/mol. The van der Waals surface area contributed by atoms with E-state index in [-0.39, 0.29) is 12.0 Å². The molecule has 1 aliphatic rings. The Morgan fingerprint density at radius 2 is 2.16 bits per heavy atom. The summed E-state index contributed by atoms with van der Waals surface area (Å²) in [5.41, 5.74) is 2.95. The Morgan fingerprint density at radius 1 is 1.26 bits per heavy atom. The lowest BCUT2D eigenvalue weighted by Crippen LogP contribution is -2.40. The van der Waals surface area contributed by atoms with Crippen LogP contribution in [-0.2, 0) is 11.3 Å². The zero-order valence-corrected chi connectivity index (χ0v) is 18.5. The monoisotopic (exact) mass is 441 g/mol. The number of carbonyl (C=O) groups excluding carboxylic acids is 1. The third kappa shape index (κ3) is 5.57. The van der Waals surface area contributed by atoms with Gasteiger partial charge in [0.05, 0.1) is 6.10 Å². The number of hydrogen-bond donors (Lipinski definition) is 1. The average molecular weight is 442 g/mol. The quantitative estimate of drug-likeness (QED) is 0.498. The van der Waals surface area contributed by atoms with Crippen LogP contribution < -0.4 is 5.32 Å². The number of ether oxygens (including phenoxy) is 1. The van der Waals surface area contributed by atoms with Crippen LogP contribution in [0.4, 0.5) is 6.01 Å². The Labute approximate surface area is 187 Å². The van der Waals surface area contributed by atoms with Crippen molar-refractivity contribution < 1.29 is 13.9 Å². The SMILES string of the molecule is CCCN(CC1CCCCO1)C(=O)c1ccc2oc(NCc3cccc(Cl)c3)nc2c1. The maximum absolute atomic E-state index is 13.2. The maximum Gasteiger partial charge on any atom is 0.295 e. The van der Waals surface area contributed by atoms with Crippen molar-refractivity contribution in [3.63, 3.8) is 0 Å². The first-order valence-electron chi connectivity index (χ1n) is 10.9. The van der Waals surface area contributed by atoms with E-state index in [0.29, 0.717) is 47.3 Å². The number of nitrogens with one attached hydrogen (secondary N) is 1. The summed E-state index contributed by atoms with van der Waals surface area (Å²) in [4.78, 5) is 19.6. The van der Waals surface area contributed by atoms with Gasteiger partial charge in [-0.15, -0.1) is 0 Å². The summed E-state index contributed by atoms with van der Waals surface area (Å²) in [6, 6.07) is 13.5. The predicted molar refractivity (Wildman–Crippen MR) is 123 cm³/mol. The third-order valence-corrected chi connectivity index (χ3v) is 5.68. The lowest BCUT2D eigenvalue weighted by Gasteiger charge is -2.30. The Morgan fingerprint density at radius 3 is 2.94 bits per heavy atom. The zero-order chi connectivity index (χ0) is 21.6. The van der Waals surface area contributed by atoms with Gasteiger partial charge in [-0.3, -0.25) is 4.79 Å². The van der Waals surface area contributed by atoms with Gasteiger partial charge in [-0.2, -0.15) is 4.98 Å². The summed E-state index contributed by atoms with van der Waals surface area (Å²) >= 11 is 6.04. The second-order valence-corrected chi connectivity index (χ2v) is 8.36. The Balaban J connectivity index is 1.46. The van der Waals surface area contributed by atoms with E-state index in [9.17, 15) is 4.79 Å². The predicted octanol–water partition coefficient (Wildman–Crippen LogP) is 5.51. The van der Waals surface area contributed by atoms with Gasteiger partial charge in [0.1, 0.15) is 5.52 Å². The molecule has 0 bridgehead atoms. The lowest BCUT2D eigenvalue weighted by molar-refractivity contribution is -0.00383. The van der Waals surface area contributed by atoms with Gasteiger partial charge in [-0.1, -0.05) is 30.7 Å². The molecule has 31 heavy (non-hydrogen) atoms. The van der Waals surface area contributed by atoms with Gasteiger partial charge in [0.25, 0.3) is 11.9 Å². The largest absolute Gasteiger partial charge is 0.424 e. The van der Waals surface area contributed by atoms with Crippen molar-refractivity contribution in [1.82, 2.24) is 9.88 Å². The molecule has 6 nitrogen and oxygen atoms in total. The van der Waals surface area contributed by atoms with Crippen molar-refractivity contribution in [2.45, 2.75) is 45.3 Å². The number of benzene rings is 2. The van der Waals surface area contributed by atoms with E-state index < -0.39 is 0 Å². The van der Waals surface area contributed by atoms with Gasteiger partial charge < -0.3 is 19.4 Å². The van der Waals surface area contributed by atoms with Gasteiger partial charge in [0.2, 0.25) is 0 Å². The molecule has 1 saturated heterocycles. The summed E-state index contributed by atoms with van der Waals surface area (Å²) in [6.45, 7) is 4.76. The lowest BCUT2D eigenvalue weighted by atomic mass is 10.1. The minimum absolute atomic E-state index is 0.00867. The number of nitrogens with zero attached hydrogens (tertiary/aromatic N) is 2. The normalized spacial score (nSPS) is 16.4. The minimum Gasteiger partial charge on any atom is -0.424 e. The van der Waals surface area contributed by atoms with E-state index in [1.165, 1.54) is 0 Å². The van der Waals surface area contributed by atoms with Crippen LogP contribution in [0, 0.1) is 0 Å². The van der Waals surface area contributed by atoms with Crippen molar-refractivity contribution in [1.29, 1.82) is 0 Å². The molecular formula is C24H28ClN3O3. The average Bonchev–Trinajstić information content (AvgIpc) is 3.20. The molecule has 4 rings (SSSR count). The van der Waals surface area contributed by atoms with Crippen LogP contribution in [0.3, 0.4) is 0 Å². The second-order valence-electron chi connectivity index (χ2n) is 7.92. The Hall–Kier alpha value is -2.57. The second kappa shape index (κ2) is 10.2. The van der Waals surface area contributed by atoms with E-state index in [2.05, 4.69) is 17.2 Å². The van der Waals surface area contributed by atoms with Gasteiger partial charge in [-0.25, -0.2) is 0 Å². The van der Waals surface area contributed by atoms with Crippen molar-refractivity contribution >= 4 is 34.6 Å². The molecule has 1 amide bonds. The Bertz CT molecular complexity index is 1030. The molecule has 1 atom stereocenters. The molecule has 0 radical (unpaired) electrons. The fourth-order valence-corrected chi connectivity index (χ4v) is 4.10. The topological polar surface area (TPSA) is 67.6 Å². The molecule has 0 spiro atoms. The fourth-order valence-electron chi connectivity index (χ4n) is 3.89. The van der Waals surface area contributed by atoms with E-state index in [1.807, 2.05) is 29.2 Å². The molecule has 1 unspecified atom stereocenters. The molecule has 7 heteroatoms. The summed E-state index contributed by atoms with van der Waals surface area (Å²) in [5, 5.41) is 3.87. The summed E-state index contributed by atoms with van der Waals surface area (Å²) in [7, 11) is 0. The highest BCUT2D eigenvalue weighted by Crippen LogP contribution is 2.23. The van der Waals surface area contributed by atoms with E-state index in [0.717, 1.165) is 37.9 Å². The summed E-state index contributed by atoms with van der Waals surface area (Å²) in [6.07, 6.45) is 4.31. The minimum atomic E-state index is 0.00867. The molecule has 1 N–H and O–H groups in total. The van der Waals surface area contributed by atoms with Crippen molar-refractivity contribution in [2.75, 3.05) is 25.0 Å². The number of amides is 1. The highest BCUT2D eigenvalue weighted by atomic mass is 35.5. The number of halogens is 1. The van der Waals surface area contributed by atoms with E-state index in [4.69, 9.17) is 20.8 Å². The molecule has 1 aromatic heterocycles. The maximum atomic E-state index is 13.2. The third-order valence-electron chi connectivity index (χ3n) is 5.45. The highest BCUT2D eigenvalue weighted by molar-refractivity contribution is 6.30. The molecule has 0 aliphatic carbocycles. The van der Waals surface area contributed by atoms with Crippen LogP contribution in [0.25, 0.3) is 11.1 Å². The number of oxazole rings is 1. The van der Waals surface area contributed by atoms with Gasteiger partial charge in [-0.05, 0) is 61.6 Å². The van der Waals surface area contributed by atoms with Crippen LogP contribution in [-0.4, -0.2) is 41.6 Å². The number of anilines is 1. The molecule has 3 aromatic rings. The summed E-state index contributed by atoms with van der Waals surface area (Å²) < 4.78 is 11.6. The molecule has 1 fully saturated rings. The number of hydrogen-bond acceptors (Lipinski definition) is 5. The standard InChI is InChI=1S/C24H28ClN3O3/c1-2-11-28(16-20-8-3-4-12-30-20)23(29)18-9-10-22-21(14-18)27-24(31-22)26-15-17-6-5-7-19(25)13-17/h5-7,9-10,13-14,20H,2-4,8,11-12,15-16H2,1H3,(H,26,27). The molecule has 0 saturated carbocycles. The molecule has 2 aromatic carbocycles. The smallest absolute Gasteiger partial charge is 0.295 e. The van der Waals surface area contributed by atoms with Crippen LogP contribution >= 0.6 is 11.6 Å². The Kier molecular flexibility index (Phi) is 7.10. The molecule has 164 valence electrons. The van der Waals surface area contributed by atoms with Crippen LogP contribution in [0.15, 0.2) is 46.9 Å². The molecule has 1 aliphatic heterocycles. The van der Waals surface area contributed by atoms with Crippen LogP contribution in [0.5, 0.6) is 0 Å². The highest BCUT2D eigenvalue weighted by Gasteiger charge is 2.22. The van der Waals surface area contributed by atoms with Crippen molar-refractivity contribution in [3.8, 4) is 0 Å². The van der Waals surface area contributed by atoms with E-state index in [1.54, 1.807) is 18.2 Å². The molecule has 2 heterocycles. The van der Waals surface area contributed by atoms with Crippen molar-refractivity contribution in [3.05, 3.63) is 58.6 Å². The van der Waals surface area contributed by atoms with Crippen LogP contribution in [0.2, 0.25) is 5.02 Å². The first-order chi connectivity index (χ1) is 15.1. The van der Waals surface area contributed by atoms with Crippen molar-refractivity contribution in [2.24, 2.45) is 0 Å².